The molecule has 0 amide bonds. The van der Waals surface area contributed by atoms with Gasteiger partial charge in [-0.05, 0) is 19.1 Å². The normalized spacial score (nSPS) is 10.4. The number of hydrogen-bond donors (Lipinski definition) is 1. The summed E-state index contributed by atoms with van der Waals surface area (Å²) in [5, 5.41) is 13.0. The van der Waals surface area contributed by atoms with Gasteiger partial charge in [-0.1, -0.05) is 0 Å². The van der Waals surface area contributed by atoms with E-state index in [0.717, 1.165) is 11.3 Å². The number of rotatable bonds is 2. The molecule has 2 rings (SSSR count). The minimum Gasteiger partial charge on any atom is -0.478 e. The number of carboxylic acids is 1. The Hall–Kier alpha value is -2.17. The molecule has 0 radical (unpaired) electrons. The lowest BCUT2D eigenvalue weighted by Gasteiger charge is -2.04. The van der Waals surface area contributed by atoms with Crippen molar-refractivity contribution < 1.29 is 9.90 Å². The molecule has 0 unspecified atom stereocenters. The van der Waals surface area contributed by atoms with Gasteiger partial charge in [-0.25, -0.2) is 4.79 Å². The van der Waals surface area contributed by atoms with E-state index in [0.29, 0.717) is 5.69 Å². The molecule has 0 spiro atoms. The highest BCUT2D eigenvalue weighted by atomic mass is 16.4. The first kappa shape index (κ1) is 10.4. The van der Waals surface area contributed by atoms with Crippen molar-refractivity contribution in [3.63, 3.8) is 0 Å². The molecule has 0 bridgehead atoms. The molecule has 0 aliphatic heterocycles. The van der Waals surface area contributed by atoms with E-state index in [-0.39, 0.29) is 5.56 Å². The Kier molecular flexibility index (Phi) is 2.44. The van der Waals surface area contributed by atoms with Crippen molar-refractivity contribution in [3.8, 4) is 11.3 Å². The molecule has 0 aromatic carbocycles. The van der Waals surface area contributed by atoms with Crippen molar-refractivity contribution in [1.82, 2.24) is 14.8 Å². The van der Waals surface area contributed by atoms with E-state index in [1.54, 1.807) is 24.0 Å². The second-order valence-corrected chi connectivity index (χ2v) is 3.52. The van der Waals surface area contributed by atoms with Gasteiger partial charge in [-0.15, -0.1) is 0 Å². The van der Waals surface area contributed by atoms with Crippen LogP contribution >= 0.6 is 0 Å². The molecular formula is C11H11N3O2. The van der Waals surface area contributed by atoms with Crippen LogP contribution in [-0.2, 0) is 7.05 Å². The van der Waals surface area contributed by atoms with Crippen molar-refractivity contribution in [1.29, 1.82) is 0 Å². The number of nitrogens with zero attached hydrogens (tertiary/aromatic N) is 3. The number of pyridine rings is 1. The Morgan fingerprint density at radius 3 is 2.88 bits per heavy atom. The van der Waals surface area contributed by atoms with Gasteiger partial charge in [0.1, 0.15) is 5.56 Å². The fourth-order valence-corrected chi connectivity index (χ4v) is 1.63. The van der Waals surface area contributed by atoms with Crippen LogP contribution in [0.3, 0.4) is 0 Å². The molecule has 1 N–H and O–H groups in total. The monoisotopic (exact) mass is 217 g/mol. The van der Waals surface area contributed by atoms with Crippen LogP contribution in [0.5, 0.6) is 0 Å². The highest BCUT2D eigenvalue weighted by Gasteiger charge is 2.16. The summed E-state index contributed by atoms with van der Waals surface area (Å²) in [6, 6.07) is 3.61. The lowest BCUT2D eigenvalue weighted by Crippen LogP contribution is -2.01. The Labute approximate surface area is 92.4 Å². The van der Waals surface area contributed by atoms with Gasteiger partial charge in [0.2, 0.25) is 0 Å². The van der Waals surface area contributed by atoms with Crippen LogP contribution in [0.2, 0.25) is 0 Å². The molecule has 5 heteroatoms. The zero-order chi connectivity index (χ0) is 11.7. The summed E-state index contributed by atoms with van der Waals surface area (Å²) >= 11 is 0. The quantitative estimate of drug-likeness (QED) is 0.827. The summed E-state index contributed by atoms with van der Waals surface area (Å²) in [6.45, 7) is 1.86. The number of carbonyl (C=O) groups is 1. The number of aromatic nitrogens is 3. The maximum absolute atomic E-state index is 11.0. The smallest absolute Gasteiger partial charge is 0.339 e. The molecule has 2 heterocycles. The molecule has 0 fully saturated rings. The summed E-state index contributed by atoms with van der Waals surface area (Å²) in [5.41, 5.74) is 2.45. The van der Waals surface area contributed by atoms with Crippen LogP contribution in [0.25, 0.3) is 11.3 Å². The van der Waals surface area contributed by atoms with E-state index in [1.807, 2.05) is 13.0 Å². The Bertz CT molecular complexity index is 546. The van der Waals surface area contributed by atoms with E-state index < -0.39 is 5.97 Å². The SMILES string of the molecule is Cc1cc(-c2c(C(=O)O)cnn2C)ccn1. The molecule has 0 atom stereocenters. The van der Waals surface area contributed by atoms with Crippen molar-refractivity contribution in [2.45, 2.75) is 6.92 Å². The van der Waals surface area contributed by atoms with Crippen molar-refractivity contribution in [2.24, 2.45) is 7.05 Å². The summed E-state index contributed by atoms with van der Waals surface area (Å²) < 4.78 is 1.55. The van der Waals surface area contributed by atoms with E-state index in [4.69, 9.17) is 5.11 Å². The first-order chi connectivity index (χ1) is 7.59. The molecule has 82 valence electrons. The molecule has 2 aromatic heterocycles. The molecule has 16 heavy (non-hydrogen) atoms. The van der Waals surface area contributed by atoms with Gasteiger partial charge in [0.05, 0.1) is 11.9 Å². The fourth-order valence-electron chi connectivity index (χ4n) is 1.63. The van der Waals surface area contributed by atoms with Gasteiger partial charge < -0.3 is 5.11 Å². The highest BCUT2D eigenvalue weighted by Crippen LogP contribution is 2.23. The molecule has 2 aromatic rings. The molecule has 5 nitrogen and oxygen atoms in total. The third kappa shape index (κ3) is 1.67. The predicted octanol–water partition coefficient (Wildman–Crippen LogP) is 1.49. The molecular weight excluding hydrogens is 206 g/mol. The average molecular weight is 217 g/mol. The van der Waals surface area contributed by atoms with Gasteiger partial charge in [0, 0.05) is 24.5 Å². The lowest BCUT2D eigenvalue weighted by atomic mass is 10.1. The standard InChI is InChI=1S/C11H11N3O2/c1-7-5-8(3-4-12-7)10-9(11(15)16)6-13-14(10)2/h3-6H,1-2H3,(H,15,16). The van der Waals surface area contributed by atoms with Crippen LogP contribution in [0, 0.1) is 6.92 Å². The fraction of sp³-hybridized carbons (Fsp3) is 0.182. The van der Waals surface area contributed by atoms with E-state index in [9.17, 15) is 4.79 Å². The molecule has 0 saturated carbocycles. The van der Waals surface area contributed by atoms with Gasteiger partial charge >= 0.3 is 5.97 Å². The highest BCUT2D eigenvalue weighted by molar-refractivity contribution is 5.94. The predicted molar refractivity (Wildman–Crippen MR) is 58.1 cm³/mol. The second kappa shape index (κ2) is 3.77. The third-order valence-corrected chi connectivity index (χ3v) is 2.34. The maximum Gasteiger partial charge on any atom is 0.339 e. The molecule has 0 aliphatic rings. The number of aromatic carboxylic acids is 1. The topological polar surface area (TPSA) is 68.0 Å². The van der Waals surface area contributed by atoms with Crippen molar-refractivity contribution >= 4 is 5.97 Å². The molecule has 0 saturated heterocycles. The van der Waals surface area contributed by atoms with Crippen molar-refractivity contribution in [3.05, 3.63) is 35.8 Å². The Morgan fingerprint density at radius 1 is 1.50 bits per heavy atom. The van der Waals surface area contributed by atoms with Gasteiger partial charge in [-0.3, -0.25) is 9.67 Å². The minimum atomic E-state index is -0.974. The summed E-state index contributed by atoms with van der Waals surface area (Å²) in [5.74, 6) is -0.974. The zero-order valence-electron chi connectivity index (χ0n) is 9.01. The Balaban J connectivity index is 2.63. The molecule has 0 aliphatic carbocycles. The van der Waals surface area contributed by atoms with Crippen LogP contribution in [0.4, 0.5) is 0 Å². The van der Waals surface area contributed by atoms with Gasteiger partial charge in [-0.2, -0.15) is 5.10 Å². The summed E-state index contributed by atoms with van der Waals surface area (Å²) in [4.78, 5) is 15.1. The lowest BCUT2D eigenvalue weighted by molar-refractivity contribution is 0.0697. The number of aryl methyl sites for hydroxylation is 2. The minimum absolute atomic E-state index is 0.202. The first-order valence-corrected chi connectivity index (χ1v) is 4.78. The van der Waals surface area contributed by atoms with E-state index >= 15 is 0 Å². The summed E-state index contributed by atoms with van der Waals surface area (Å²) in [6.07, 6.45) is 3.01. The van der Waals surface area contributed by atoms with Crippen LogP contribution in [-0.4, -0.2) is 25.8 Å². The Morgan fingerprint density at radius 2 is 2.25 bits per heavy atom. The van der Waals surface area contributed by atoms with Crippen molar-refractivity contribution in [2.75, 3.05) is 0 Å². The van der Waals surface area contributed by atoms with Crippen LogP contribution < -0.4 is 0 Å². The summed E-state index contributed by atoms with van der Waals surface area (Å²) in [7, 11) is 1.72. The largest absolute Gasteiger partial charge is 0.478 e. The van der Waals surface area contributed by atoms with E-state index in [1.165, 1.54) is 6.20 Å². The third-order valence-electron chi connectivity index (χ3n) is 2.34. The number of carboxylic acid groups (broad SMARTS) is 1. The van der Waals surface area contributed by atoms with Gasteiger partial charge in [0.15, 0.2) is 0 Å². The maximum atomic E-state index is 11.0. The number of hydrogen-bond acceptors (Lipinski definition) is 3. The van der Waals surface area contributed by atoms with Crippen LogP contribution in [0.1, 0.15) is 16.1 Å². The van der Waals surface area contributed by atoms with Crippen LogP contribution in [0.15, 0.2) is 24.5 Å². The van der Waals surface area contributed by atoms with Gasteiger partial charge in [0.25, 0.3) is 0 Å². The zero-order valence-corrected chi connectivity index (χ0v) is 9.01. The first-order valence-electron chi connectivity index (χ1n) is 4.78. The average Bonchev–Trinajstić information content (AvgIpc) is 2.60. The van der Waals surface area contributed by atoms with E-state index in [2.05, 4.69) is 10.1 Å². The second-order valence-electron chi connectivity index (χ2n) is 3.52.